The Balaban J connectivity index is 3.32. The van der Waals surface area contributed by atoms with Crippen molar-refractivity contribution in [1.29, 1.82) is 5.26 Å². The molecule has 0 aromatic heterocycles. The van der Waals surface area contributed by atoms with Crippen LogP contribution in [-0.2, 0) is 25.3 Å². The van der Waals surface area contributed by atoms with Crippen molar-refractivity contribution in [3.63, 3.8) is 0 Å². The number of hydrogen-bond donors (Lipinski definition) is 1. The third-order valence-corrected chi connectivity index (χ3v) is 4.81. The smallest absolute Gasteiger partial charge is 0.417 e. The van der Waals surface area contributed by atoms with E-state index in [1.807, 2.05) is 6.92 Å². The lowest BCUT2D eigenvalue weighted by atomic mass is 9.86. The molecule has 1 aromatic rings. The summed E-state index contributed by atoms with van der Waals surface area (Å²) >= 11 is 0. The van der Waals surface area contributed by atoms with Crippen LogP contribution >= 0.6 is 0 Å². The molecule has 0 saturated heterocycles. The van der Waals surface area contributed by atoms with E-state index >= 15 is 0 Å². The van der Waals surface area contributed by atoms with Crippen LogP contribution in [0.2, 0.25) is 0 Å². The number of ether oxygens (including phenoxy) is 1. The zero-order valence-corrected chi connectivity index (χ0v) is 18.1. The maximum absolute atomic E-state index is 13.2. The number of nitrogens with one attached hydrogen (secondary N) is 1. The molecule has 0 fully saturated rings. The minimum atomic E-state index is -4.80. The van der Waals surface area contributed by atoms with Gasteiger partial charge >= 0.3 is 6.18 Å². The quantitative estimate of drug-likeness (QED) is 0.579. The summed E-state index contributed by atoms with van der Waals surface area (Å²) in [6.07, 6.45) is -4.74. The van der Waals surface area contributed by atoms with Crippen LogP contribution in [0.1, 0.15) is 45.2 Å². The molecule has 1 amide bonds. The van der Waals surface area contributed by atoms with Crippen LogP contribution in [0.5, 0.6) is 5.75 Å². The predicted octanol–water partition coefficient (Wildman–Crippen LogP) is 3.24. The van der Waals surface area contributed by atoms with Gasteiger partial charge in [-0.15, -0.1) is 0 Å². The van der Waals surface area contributed by atoms with Gasteiger partial charge in [0.15, 0.2) is 6.10 Å². The van der Waals surface area contributed by atoms with Gasteiger partial charge in [-0.1, -0.05) is 20.8 Å². The van der Waals surface area contributed by atoms with E-state index in [1.54, 1.807) is 6.92 Å². The molecular formula is C19H25F3N2O5S. The molecule has 0 saturated carbocycles. The van der Waals surface area contributed by atoms with E-state index < -0.39 is 51.5 Å². The summed E-state index contributed by atoms with van der Waals surface area (Å²) in [6, 6.07) is 3.94. The van der Waals surface area contributed by atoms with Gasteiger partial charge < -0.3 is 10.1 Å². The first-order valence-corrected chi connectivity index (χ1v) is 10.8. The van der Waals surface area contributed by atoms with Crippen LogP contribution in [0.25, 0.3) is 0 Å². The fourth-order valence-electron chi connectivity index (χ4n) is 2.39. The van der Waals surface area contributed by atoms with Crippen molar-refractivity contribution in [1.82, 2.24) is 5.32 Å². The van der Waals surface area contributed by atoms with Crippen LogP contribution in [0, 0.1) is 16.7 Å². The molecule has 0 spiro atoms. The van der Waals surface area contributed by atoms with Gasteiger partial charge in [0, 0.05) is 11.5 Å². The average molecular weight is 450 g/mol. The maximum Gasteiger partial charge on any atom is 0.417 e. The number of benzene rings is 1. The second-order valence-corrected chi connectivity index (χ2v) is 9.23. The summed E-state index contributed by atoms with van der Waals surface area (Å²) < 4.78 is 72.8. The third kappa shape index (κ3) is 7.50. The number of hydrogen-bond acceptors (Lipinski definition) is 6. The largest absolute Gasteiger partial charge is 0.480 e. The second-order valence-electron chi connectivity index (χ2n) is 7.59. The number of alkyl halides is 3. The molecular weight excluding hydrogens is 425 g/mol. The monoisotopic (exact) mass is 450 g/mol. The number of rotatable bonds is 9. The Hall–Kier alpha value is -2.32. The highest BCUT2D eigenvalue weighted by Gasteiger charge is 2.40. The van der Waals surface area contributed by atoms with Crippen molar-refractivity contribution in [2.75, 3.05) is 12.9 Å². The van der Waals surface area contributed by atoms with E-state index in [2.05, 4.69) is 5.32 Å². The third-order valence-electron chi connectivity index (χ3n) is 4.26. The van der Waals surface area contributed by atoms with Gasteiger partial charge in [-0.2, -0.15) is 26.9 Å². The summed E-state index contributed by atoms with van der Waals surface area (Å²) in [5.74, 6) is -0.928. The molecule has 1 N–H and O–H groups in total. The fourth-order valence-corrected chi connectivity index (χ4v) is 2.91. The van der Waals surface area contributed by atoms with Gasteiger partial charge in [-0.05, 0) is 31.5 Å². The molecule has 0 aliphatic carbocycles. The predicted molar refractivity (Wildman–Crippen MR) is 103 cm³/mol. The molecule has 0 heterocycles. The topological polar surface area (TPSA) is 105 Å². The minimum absolute atomic E-state index is 0.248. The van der Waals surface area contributed by atoms with Crippen molar-refractivity contribution >= 4 is 16.0 Å². The highest BCUT2D eigenvalue weighted by molar-refractivity contribution is 7.85. The number of halogens is 3. The molecule has 0 aliphatic heterocycles. The van der Waals surface area contributed by atoms with Crippen molar-refractivity contribution in [2.24, 2.45) is 5.41 Å². The molecule has 7 nitrogen and oxygen atoms in total. The Morgan fingerprint density at radius 2 is 1.90 bits per heavy atom. The Morgan fingerprint density at radius 1 is 1.30 bits per heavy atom. The first-order valence-electron chi connectivity index (χ1n) is 9.03. The van der Waals surface area contributed by atoms with Crippen LogP contribution < -0.4 is 10.1 Å². The second kappa shape index (κ2) is 9.66. The lowest BCUT2D eigenvalue weighted by Crippen LogP contribution is -2.51. The van der Waals surface area contributed by atoms with Crippen LogP contribution in [0.3, 0.4) is 0 Å². The number of nitrogens with zero attached hydrogens (tertiary/aromatic N) is 1. The van der Waals surface area contributed by atoms with E-state index in [1.165, 1.54) is 19.9 Å². The van der Waals surface area contributed by atoms with E-state index in [-0.39, 0.29) is 11.8 Å². The van der Waals surface area contributed by atoms with Gasteiger partial charge in [0.2, 0.25) is 0 Å². The van der Waals surface area contributed by atoms with Crippen molar-refractivity contribution in [3.05, 3.63) is 29.3 Å². The molecule has 1 unspecified atom stereocenters. The summed E-state index contributed by atoms with van der Waals surface area (Å²) in [7, 11) is -3.82. The van der Waals surface area contributed by atoms with E-state index in [9.17, 15) is 26.4 Å². The Bertz CT molecular complexity index is 908. The van der Waals surface area contributed by atoms with E-state index in [0.29, 0.717) is 12.5 Å². The zero-order chi connectivity index (χ0) is 23.3. The molecule has 1 aromatic carbocycles. The normalized spacial score (nSPS) is 14.5. The van der Waals surface area contributed by atoms with E-state index in [0.717, 1.165) is 18.4 Å². The lowest BCUT2D eigenvalue weighted by molar-refractivity contribution is -0.138. The SMILES string of the molecule is CC[C@H](C)NC(=O)C(Oc1ccc(C#N)c(C(F)(F)F)c1)C(C)(C)COS(C)(=O)=O. The highest BCUT2D eigenvalue weighted by Crippen LogP contribution is 2.35. The number of amides is 1. The number of nitriles is 1. The zero-order valence-electron chi connectivity index (χ0n) is 17.3. The summed E-state index contributed by atoms with van der Waals surface area (Å²) in [6.45, 7) is 6.11. The molecule has 0 radical (unpaired) electrons. The van der Waals surface area contributed by atoms with Crippen molar-refractivity contribution in [2.45, 2.75) is 52.4 Å². The first kappa shape index (κ1) is 25.7. The fraction of sp³-hybridized carbons (Fsp3) is 0.579. The summed E-state index contributed by atoms with van der Waals surface area (Å²) in [5.41, 5.74) is -3.02. The highest BCUT2D eigenvalue weighted by atomic mass is 32.2. The van der Waals surface area contributed by atoms with Gasteiger partial charge in [-0.3, -0.25) is 8.98 Å². The van der Waals surface area contributed by atoms with Gasteiger partial charge in [0.1, 0.15) is 5.75 Å². The molecule has 0 aliphatic rings. The minimum Gasteiger partial charge on any atom is -0.480 e. The van der Waals surface area contributed by atoms with Gasteiger partial charge in [0.05, 0.1) is 30.1 Å². The van der Waals surface area contributed by atoms with Crippen molar-refractivity contribution < 1.29 is 35.3 Å². The molecule has 11 heteroatoms. The first-order chi connectivity index (χ1) is 13.6. The standard InChI is InChI=1S/C19H25F3N2O5S/c1-6-12(2)24-17(25)16(18(3,4)11-28-30(5,26)27)29-14-8-7-13(10-23)15(9-14)19(20,21)22/h7-9,12,16H,6,11H2,1-5H3,(H,24,25)/t12-,16?/m0/s1. The summed E-state index contributed by atoms with van der Waals surface area (Å²) in [5, 5.41) is 11.6. The molecule has 1 rings (SSSR count). The Kier molecular flexibility index (Phi) is 8.28. The van der Waals surface area contributed by atoms with Crippen LogP contribution in [0.15, 0.2) is 18.2 Å². The summed E-state index contributed by atoms with van der Waals surface area (Å²) in [4.78, 5) is 12.8. The molecule has 2 atom stereocenters. The average Bonchev–Trinajstić information content (AvgIpc) is 2.62. The van der Waals surface area contributed by atoms with E-state index in [4.69, 9.17) is 14.2 Å². The molecule has 0 bridgehead atoms. The molecule has 30 heavy (non-hydrogen) atoms. The Labute approximate surface area is 174 Å². The molecule has 168 valence electrons. The van der Waals surface area contributed by atoms with Gasteiger partial charge in [-0.25, -0.2) is 0 Å². The maximum atomic E-state index is 13.2. The number of carbonyl (C=O) groups is 1. The van der Waals surface area contributed by atoms with Crippen LogP contribution in [0.4, 0.5) is 13.2 Å². The van der Waals surface area contributed by atoms with Crippen molar-refractivity contribution in [3.8, 4) is 11.8 Å². The van der Waals surface area contributed by atoms with Crippen LogP contribution in [-0.4, -0.2) is 39.3 Å². The Morgan fingerprint density at radius 3 is 2.37 bits per heavy atom. The number of carbonyl (C=O) groups excluding carboxylic acids is 1. The van der Waals surface area contributed by atoms with Gasteiger partial charge in [0.25, 0.3) is 16.0 Å². The lowest BCUT2D eigenvalue weighted by Gasteiger charge is -2.33.